The highest BCUT2D eigenvalue weighted by Crippen LogP contribution is 2.48. The Labute approximate surface area is 176 Å². The lowest BCUT2D eigenvalue weighted by atomic mass is 9.76. The minimum atomic E-state index is -2.95. The van der Waals surface area contributed by atoms with Crippen molar-refractivity contribution in [3.63, 3.8) is 0 Å². The summed E-state index contributed by atoms with van der Waals surface area (Å²) in [5, 5.41) is 0.0736. The standard InChI is InChI=1S/C21H25F3N4O3/c1-9-13-15(28(11-3-4-11)20(30)26-19(13)29)17(31-2)16(14(9)22)27-7-10-5-6-21(23,24)18(25)12(10)8-27/h10-12,18H,3-8,25H2,1-2H3,(H,26,29,30). The summed E-state index contributed by atoms with van der Waals surface area (Å²) in [6.45, 7) is 2.01. The smallest absolute Gasteiger partial charge is 0.329 e. The quantitative estimate of drug-likeness (QED) is 0.767. The second kappa shape index (κ2) is 6.75. The SMILES string of the molecule is COc1c(N2CC3CCC(F)(F)C(N)C3C2)c(F)c(C)c2c(=O)[nH]c(=O)n(C3CC3)c12. The highest BCUT2D eigenvalue weighted by molar-refractivity contribution is 5.93. The van der Waals surface area contributed by atoms with Crippen molar-refractivity contribution >= 4 is 16.6 Å². The van der Waals surface area contributed by atoms with Crippen LogP contribution in [0, 0.1) is 24.6 Å². The van der Waals surface area contributed by atoms with Crippen molar-refractivity contribution in [1.82, 2.24) is 9.55 Å². The van der Waals surface area contributed by atoms with Gasteiger partial charge in [0, 0.05) is 37.0 Å². The predicted molar refractivity (Wildman–Crippen MR) is 110 cm³/mol. The third kappa shape index (κ3) is 2.90. The number of aromatic nitrogens is 2. The van der Waals surface area contributed by atoms with E-state index in [1.807, 2.05) is 0 Å². The molecule has 3 N–H and O–H groups in total. The fraction of sp³-hybridized carbons (Fsp3) is 0.619. The molecule has 3 aliphatic rings. The molecule has 3 atom stereocenters. The van der Waals surface area contributed by atoms with Crippen molar-refractivity contribution in [3.05, 3.63) is 32.2 Å². The van der Waals surface area contributed by atoms with Gasteiger partial charge in [-0.3, -0.25) is 14.3 Å². The molecule has 2 aromatic rings. The molecule has 2 heterocycles. The van der Waals surface area contributed by atoms with Crippen LogP contribution in [0.5, 0.6) is 5.75 Å². The molecule has 168 valence electrons. The van der Waals surface area contributed by atoms with Crippen LogP contribution in [0.4, 0.5) is 18.9 Å². The number of hydrogen-bond acceptors (Lipinski definition) is 5. The molecule has 1 aliphatic heterocycles. The molecule has 0 bridgehead atoms. The van der Waals surface area contributed by atoms with Crippen molar-refractivity contribution in [2.75, 3.05) is 25.1 Å². The van der Waals surface area contributed by atoms with Gasteiger partial charge in [-0.25, -0.2) is 18.0 Å². The zero-order valence-electron chi connectivity index (χ0n) is 17.4. The number of nitrogens with zero attached hydrogens (tertiary/aromatic N) is 2. The van der Waals surface area contributed by atoms with Gasteiger partial charge >= 0.3 is 5.69 Å². The molecule has 2 aliphatic carbocycles. The van der Waals surface area contributed by atoms with E-state index in [4.69, 9.17) is 10.5 Å². The summed E-state index contributed by atoms with van der Waals surface area (Å²) in [6.07, 6.45) is 1.57. The Morgan fingerprint density at radius 3 is 2.55 bits per heavy atom. The number of anilines is 1. The monoisotopic (exact) mass is 438 g/mol. The maximum Gasteiger partial charge on any atom is 0.329 e. The number of H-pyrrole nitrogens is 1. The van der Waals surface area contributed by atoms with Gasteiger partial charge in [0.2, 0.25) is 0 Å². The van der Waals surface area contributed by atoms with Crippen LogP contribution in [-0.2, 0) is 0 Å². The van der Waals surface area contributed by atoms with Gasteiger partial charge in [0.25, 0.3) is 11.5 Å². The molecule has 2 saturated carbocycles. The van der Waals surface area contributed by atoms with Crippen LogP contribution in [0.15, 0.2) is 9.59 Å². The minimum Gasteiger partial charge on any atom is -0.492 e. The summed E-state index contributed by atoms with van der Waals surface area (Å²) >= 11 is 0. The molecule has 0 amide bonds. The molecular formula is C21H25F3N4O3. The maximum absolute atomic E-state index is 15.6. The topological polar surface area (TPSA) is 93.3 Å². The molecule has 0 radical (unpaired) electrons. The molecule has 0 spiro atoms. The summed E-state index contributed by atoms with van der Waals surface area (Å²) in [7, 11) is 1.36. The lowest BCUT2D eigenvalue weighted by Crippen LogP contribution is -2.52. The Bertz CT molecular complexity index is 1190. The number of aryl methyl sites for hydroxylation is 1. The summed E-state index contributed by atoms with van der Waals surface area (Å²) in [5.74, 6) is -4.06. The Kier molecular flexibility index (Phi) is 4.45. The van der Waals surface area contributed by atoms with E-state index >= 15 is 4.39 Å². The molecule has 3 fully saturated rings. The van der Waals surface area contributed by atoms with Crippen LogP contribution >= 0.6 is 0 Å². The summed E-state index contributed by atoms with van der Waals surface area (Å²) in [5.41, 5.74) is 5.12. The molecule has 10 heteroatoms. The van der Waals surface area contributed by atoms with Crippen LogP contribution in [0.1, 0.15) is 37.3 Å². The molecule has 5 rings (SSSR count). The Morgan fingerprint density at radius 1 is 1.19 bits per heavy atom. The van der Waals surface area contributed by atoms with E-state index in [-0.39, 0.29) is 52.8 Å². The van der Waals surface area contributed by atoms with Gasteiger partial charge in [-0.2, -0.15) is 0 Å². The van der Waals surface area contributed by atoms with Gasteiger partial charge in [0.05, 0.1) is 18.5 Å². The number of nitrogens with two attached hydrogens (primary N) is 1. The van der Waals surface area contributed by atoms with Crippen LogP contribution < -0.4 is 26.6 Å². The van der Waals surface area contributed by atoms with E-state index in [1.54, 1.807) is 4.90 Å². The second-order valence-electron chi connectivity index (χ2n) is 9.06. The summed E-state index contributed by atoms with van der Waals surface area (Å²) < 4.78 is 51.1. The van der Waals surface area contributed by atoms with Gasteiger partial charge < -0.3 is 15.4 Å². The number of halogens is 3. The van der Waals surface area contributed by atoms with Crippen LogP contribution in [-0.4, -0.2) is 41.7 Å². The number of aromatic amines is 1. The molecular weight excluding hydrogens is 413 g/mol. The third-order valence-corrected chi connectivity index (χ3v) is 7.21. The first kappa shape index (κ1) is 20.4. The first-order valence-corrected chi connectivity index (χ1v) is 10.6. The van der Waals surface area contributed by atoms with E-state index < -0.39 is 34.9 Å². The number of rotatable bonds is 3. The van der Waals surface area contributed by atoms with Crippen molar-refractivity contribution < 1.29 is 17.9 Å². The average molecular weight is 438 g/mol. The van der Waals surface area contributed by atoms with Gasteiger partial charge in [-0.15, -0.1) is 0 Å². The van der Waals surface area contributed by atoms with E-state index in [0.717, 1.165) is 12.8 Å². The van der Waals surface area contributed by atoms with Crippen LogP contribution in [0.25, 0.3) is 10.9 Å². The molecule has 1 saturated heterocycles. The maximum atomic E-state index is 15.6. The van der Waals surface area contributed by atoms with Crippen molar-refractivity contribution in [1.29, 1.82) is 0 Å². The van der Waals surface area contributed by atoms with Crippen molar-refractivity contribution in [3.8, 4) is 5.75 Å². The zero-order chi connectivity index (χ0) is 22.2. The number of ether oxygens (including phenoxy) is 1. The van der Waals surface area contributed by atoms with Gasteiger partial charge in [0.1, 0.15) is 11.2 Å². The number of methoxy groups -OCH3 is 1. The molecule has 1 aromatic carbocycles. The summed E-state index contributed by atoms with van der Waals surface area (Å²) in [4.78, 5) is 29.2. The number of alkyl halides is 2. The predicted octanol–water partition coefficient (Wildman–Crippen LogP) is 2.29. The highest BCUT2D eigenvalue weighted by atomic mass is 19.3. The molecule has 7 nitrogen and oxygen atoms in total. The lowest BCUT2D eigenvalue weighted by Gasteiger charge is -2.36. The first-order valence-electron chi connectivity index (χ1n) is 10.6. The van der Waals surface area contributed by atoms with E-state index in [0.29, 0.717) is 13.0 Å². The minimum absolute atomic E-state index is 0.0736. The van der Waals surface area contributed by atoms with Crippen LogP contribution in [0.3, 0.4) is 0 Å². The number of hydrogen-bond donors (Lipinski definition) is 2. The summed E-state index contributed by atoms with van der Waals surface area (Å²) in [6, 6.07) is -1.38. The third-order valence-electron chi connectivity index (χ3n) is 7.21. The largest absolute Gasteiger partial charge is 0.492 e. The average Bonchev–Trinajstić information content (AvgIpc) is 3.45. The second-order valence-corrected chi connectivity index (χ2v) is 9.06. The van der Waals surface area contributed by atoms with E-state index in [9.17, 15) is 18.4 Å². The normalized spacial score (nSPS) is 27.5. The fourth-order valence-corrected chi connectivity index (χ4v) is 5.43. The van der Waals surface area contributed by atoms with Gasteiger partial charge in [-0.05, 0) is 32.1 Å². The zero-order valence-corrected chi connectivity index (χ0v) is 17.4. The molecule has 3 unspecified atom stereocenters. The van der Waals surface area contributed by atoms with E-state index in [2.05, 4.69) is 4.98 Å². The lowest BCUT2D eigenvalue weighted by molar-refractivity contribution is -0.0794. The van der Waals surface area contributed by atoms with E-state index in [1.165, 1.54) is 18.6 Å². The number of nitrogens with one attached hydrogen (secondary N) is 1. The number of fused-ring (bicyclic) bond motifs is 2. The van der Waals surface area contributed by atoms with Crippen molar-refractivity contribution in [2.45, 2.75) is 50.6 Å². The molecule has 31 heavy (non-hydrogen) atoms. The highest BCUT2D eigenvalue weighted by Gasteiger charge is 2.52. The Hall–Kier alpha value is -2.49. The van der Waals surface area contributed by atoms with Crippen LogP contribution in [0.2, 0.25) is 0 Å². The van der Waals surface area contributed by atoms with Crippen molar-refractivity contribution in [2.24, 2.45) is 17.6 Å². The first-order chi connectivity index (χ1) is 14.7. The van der Waals surface area contributed by atoms with Gasteiger partial charge in [-0.1, -0.05) is 0 Å². The Balaban J connectivity index is 1.72. The molecule has 1 aromatic heterocycles. The number of benzene rings is 1. The van der Waals surface area contributed by atoms with Gasteiger partial charge in [0.15, 0.2) is 11.6 Å². The fourth-order valence-electron chi connectivity index (χ4n) is 5.43. The Morgan fingerprint density at radius 2 is 1.90 bits per heavy atom.